The lowest BCUT2D eigenvalue weighted by Gasteiger charge is -2.28. The maximum Gasteiger partial charge on any atom is 0.00671 e. The lowest BCUT2D eigenvalue weighted by atomic mass is 9.82. The number of hydrogen-bond donors (Lipinski definition) is 1. The molecule has 1 fully saturated rings. The van der Waals surface area contributed by atoms with Gasteiger partial charge >= 0.3 is 0 Å². The molecule has 1 saturated carbocycles. The van der Waals surface area contributed by atoms with E-state index in [0.717, 1.165) is 5.92 Å². The van der Waals surface area contributed by atoms with Gasteiger partial charge in [0.1, 0.15) is 0 Å². The van der Waals surface area contributed by atoms with E-state index in [1.165, 1.54) is 51.4 Å². The number of rotatable bonds is 4. The van der Waals surface area contributed by atoms with Gasteiger partial charge in [0.15, 0.2) is 0 Å². The third kappa shape index (κ3) is 3.14. The summed E-state index contributed by atoms with van der Waals surface area (Å²) in [5, 5.41) is 0. The van der Waals surface area contributed by atoms with Crippen molar-refractivity contribution in [3.05, 3.63) is 0 Å². The molecule has 1 rings (SSSR count). The molecule has 0 amide bonds. The molecule has 0 bridgehead atoms. The van der Waals surface area contributed by atoms with Crippen molar-refractivity contribution in [1.29, 1.82) is 0 Å². The summed E-state index contributed by atoms with van der Waals surface area (Å²) in [7, 11) is 0. The van der Waals surface area contributed by atoms with Gasteiger partial charge in [-0.2, -0.15) is 0 Å². The van der Waals surface area contributed by atoms with Gasteiger partial charge in [-0.15, -0.1) is 0 Å². The minimum atomic E-state index is 0.524. The summed E-state index contributed by atoms with van der Waals surface area (Å²) in [6.45, 7) is 2.26. The molecule has 1 aliphatic rings. The van der Waals surface area contributed by atoms with Crippen molar-refractivity contribution in [2.45, 2.75) is 64.3 Å². The van der Waals surface area contributed by atoms with Gasteiger partial charge in [-0.25, -0.2) is 0 Å². The van der Waals surface area contributed by atoms with Crippen LogP contribution in [0.3, 0.4) is 0 Å². The largest absolute Gasteiger partial charge is 0.327 e. The van der Waals surface area contributed by atoms with Crippen LogP contribution in [-0.4, -0.2) is 6.04 Å². The molecule has 0 heterocycles. The van der Waals surface area contributed by atoms with Crippen LogP contribution in [0, 0.1) is 5.92 Å². The predicted molar refractivity (Wildman–Crippen MR) is 54.1 cm³/mol. The van der Waals surface area contributed by atoms with E-state index in [0.29, 0.717) is 6.04 Å². The third-order valence-electron chi connectivity index (χ3n) is 3.15. The molecular weight excluding hydrogens is 146 g/mol. The summed E-state index contributed by atoms with van der Waals surface area (Å²) in [5.74, 6) is 0.852. The van der Waals surface area contributed by atoms with Gasteiger partial charge in [-0.3, -0.25) is 0 Å². The van der Waals surface area contributed by atoms with Crippen molar-refractivity contribution in [3.63, 3.8) is 0 Å². The number of nitrogens with two attached hydrogens (primary N) is 1. The van der Waals surface area contributed by atoms with Gasteiger partial charge in [0, 0.05) is 6.04 Å². The van der Waals surface area contributed by atoms with Crippen LogP contribution < -0.4 is 5.73 Å². The quantitative estimate of drug-likeness (QED) is 0.643. The minimum absolute atomic E-state index is 0.524. The predicted octanol–water partition coefficient (Wildman–Crippen LogP) is 3.08. The average Bonchev–Trinajstić information content (AvgIpc) is 2.09. The smallest absolute Gasteiger partial charge is 0.00671 e. The second kappa shape index (κ2) is 5.58. The van der Waals surface area contributed by atoms with E-state index in [-0.39, 0.29) is 0 Å². The van der Waals surface area contributed by atoms with Gasteiger partial charge in [0.25, 0.3) is 0 Å². The Labute approximate surface area is 76.7 Å². The van der Waals surface area contributed by atoms with Crippen LogP contribution in [-0.2, 0) is 0 Å². The molecule has 0 aliphatic heterocycles. The standard InChI is InChI=1S/C11H23N/c1-2-3-4-7-10-8-5-6-9-11(10)12/h10-11H,2-9,12H2,1H3. The Morgan fingerprint density at radius 2 is 1.92 bits per heavy atom. The van der Waals surface area contributed by atoms with E-state index in [9.17, 15) is 0 Å². The highest BCUT2D eigenvalue weighted by Gasteiger charge is 2.20. The van der Waals surface area contributed by atoms with Crippen molar-refractivity contribution in [2.75, 3.05) is 0 Å². The Bertz CT molecular complexity index is 112. The number of hydrogen-bond acceptors (Lipinski definition) is 1. The van der Waals surface area contributed by atoms with Gasteiger partial charge in [-0.1, -0.05) is 39.0 Å². The van der Waals surface area contributed by atoms with Crippen LogP contribution in [0.25, 0.3) is 0 Å². The summed E-state index contributed by atoms with van der Waals surface area (Å²) in [5.41, 5.74) is 6.06. The zero-order valence-electron chi connectivity index (χ0n) is 8.39. The van der Waals surface area contributed by atoms with Crippen LogP contribution in [0.2, 0.25) is 0 Å². The molecule has 0 spiro atoms. The van der Waals surface area contributed by atoms with Crippen LogP contribution in [0.1, 0.15) is 58.3 Å². The number of unbranched alkanes of at least 4 members (excludes halogenated alkanes) is 2. The van der Waals surface area contributed by atoms with Crippen LogP contribution in [0.5, 0.6) is 0 Å². The van der Waals surface area contributed by atoms with E-state index < -0.39 is 0 Å². The molecule has 0 radical (unpaired) electrons. The molecule has 0 aromatic rings. The van der Waals surface area contributed by atoms with E-state index in [1.807, 2.05) is 0 Å². The van der Waals surface area contributed by atoms with Crippen molar-refractivity contribution in [3.8, 4) is 0 Å². The molecule has 2 unspecified atom stereocenters. The minimum Gasteiger partial charge on any atom is -0.327 e. The van der Waals surface area contributed by atoms with Crippen molar-refractivity contribution in [1.82, 2.24) is 0 Å². The first-order valence-corrected chi connectivity index (χ1v) is 5.60. The van der Waals surface area contributed by atoms with E-state index in [2.05, 4.69) is 6.92 Å². The maximum absolute atomic E-state index is 6.06. The maximum atomic E-state index is 6.06. The van der Waals surface area contributed by atoms with Crippen molar-refractivity contribution in [2.24, 2.45) is 11.7 Å². The highest BCUT2D eigenvalue weighted by Crippen LogP contribution is 2.27. The van der Waals surface area contributed by atoms with Crippen molar-refractivity contribution >= 4 is 0 Å². The molecule has 0 aromatic carbocycles. The second-order valence-corrected chi connectivity index (χ2v) is 4.20. The van der Waals surface area contributed by atoms with Crippen LogP contribution in [0.15, 0.2) is 0 Å². The first kappa shape index (κ1) is 10.0. The van der Waals surface area contributed by atoms with E-state index in [1.54, 1.807) is 0 Å². The average molecular weight is 169 g/mol. The Balaban J connectivity index is 2.11. The highest BCUT2D eigenvalue weighted by molar-refractivity contribution is 4.77. The molecule has 1 aliphatic carbocycles. The van der Waals surface area contributed by atoms with Gasteiger partial charge in [0.2, 0.25) is 0 Å². The SMILES string of the molecule is CCCCCC1CCCCC1N. The zero-order valence-corrected chi connectivity index (χ0v) is 8.39. The first-order valence-electron chi connectivity index (χ1n) is 5.60. The summed E-state index contributed by atoms with van der Waals surface area (Å²) in [6.07, 6.45) is 11.0. The third-order valence-corrected chi connectivity index (χ3v) is 3.15. The fourth-order valence-electron chi connectivity index (χ4n) is 2.25. The van der Waals surface area contributed by atoms with Crippen LogP contribution >= 0.6 is 0 Å². The Hall–Kier alpha value is -0.0400. The summed E-state index contributed by atoms with van der Waals surface area (Å²) in [4.78, 5) is 0. The molecule has 1 heteroatoms. The molecule has 2 atom stereocenters. The van der Waals surface area contributed by atoms with Crippen LogP contribution in [0.4, 0.5) is 0 Å². The molecule has 0 saturated heterocycles. The van der Waals surface area contributed by atoms with Gasteiger partial charge < -0.3 is 5.73 Å². The normalized spacial score (nSPS) is 30.5. The zero-order chi connectivity index (χ0) is 8.81. The van der Waals surface area contributed by atoms with Gasteiger partial charge in [0.05, 0.1) is 0 Å². The first-order chi connectivity index (χ1) is 5.84. The molecular formula is C11H23N. The molecule has 12 heavy (non-hydrogen) atoms. The lowest BCUT2D eigenvalue weighted by Crippen LogP contribution is -2.32. The Kier molecular flexibility index (Phi) is 4.67. The summed E-state index contributed by atoms with van der Waals surface area (Å²) in [6, 6.07) is 0.524. The lowest BCUT2D eigenvalue weighted by molar-refractivity contribution is 0.284. The Morgan fingerprint density at radius 3 is 2.58 bits per heavy atom. The van der Waals surface area contributed by atoms with Crippen molar-refractivity contribution < 1.29 is 0 Å². The molecule has 72 valence electrons. The molecule has 0 aromatic heterocycles. The molecule has 2 N–H and O–H groups in total. The topological polar surface area (TPSA) is 26.0 Å². The summed E-state index contributed by atoms with van der Waals surface area (Å²) >= 11 is 0. The fraction of sp³-hybridized carbons (Fsp3) is 1.00. The van der Waals surface area contributed by atoms with E-state index >= 15 is 0 Å². The monoisotopic (exact) mass is 169 g/mol. The second-order valence-electron chi connectivity index (χ2n) is 4.20. The summed E-state index contributed by atoms with van der Waals surface area (Å²) < 4.78 is 0. The Morgan fingerprint density at radius 1 is 1.17 bits per heavy atom. The van der Waals surface area contributed by atoms with Gasteiger partial charge in [-0.05, 0) is 25.2 Å². The van der Waals surface area contributed by atoms with E-state index in [4.69, 9.17) is 5.73 Å². The fourth-order valence-corrected chi connectivity index (χ4v) is 2.25. The highest BCUT2D eigenvalue weighted by atomic mass is 14.7. The molecule has 1 nitrogen and oxygen atoms in total.